The third kappa shape index (κ3) is 3.25. The molecule has 0 aliphatic heterocycles. The van der Waals surface area contributed by atoms with Crippen molar-refractivity contribution in [3.05, 3.63) is 21.6 Å². The monoisotopic (exact) mass is 260 g/mol. The number of aromatic nitrogens is 2. The summed E-state index contributed by atoms with van der Waals surface area (Å²) in [4.78, 5) is 28.3. The zero-order chi connectivity index (χ0) is 13.0. The van der Waals surface area contributed by atoms with Crippen LogP contribution >= 0.6 is 11.6 Å². The van der Waals surface area contributed by atoms with E-state index in [2.05, 4.69) is 20.0 Å². The Morgan fingerprint density at radius 3 is 2.88 bits per heavy atom. The van der Waals surface area contributed by atoms with Crippen molar-refractivity contribution in [3.8, 4) is 0 Å². The Hall–Kier alpha value is -1.96. The summed E-state index contributed by atoms with van der Waals surface area (Å²) < 4.78 is 4.47. The summed E-state index contributed by atoms with van der Waals surface area (Å²) in [6.45, 7) is 1.48. The average molecular weight is 261 g/mol. The molecular formula is C8H9ClN4O4. The molecule has 0 fully saturated rings. The van der Waals surface area contributed by atoms with E-state index in [1.165, 1.54) is 14.0 Å². The number of carbonyl (C=O) groups is 1. The van der Waals surface area contributed by atoms with Crippen LogP contribution in [0.4, 0.5) is 11.5 Å². The van der Waals surface area contributed by atoms with Gasteiger partial charge >= 0.3 is 11.7 Å². The van der Waals surface area contributed by atoms with Crippen LogP contribution in [0.15, 0.2) is 6.20 Å². The minimum atomic E-state index is -0.787. The molecule has 0 aromatic carbocycles. The number of hydrogen-bond donors (Lipinski definition) is 1. The zero-order valence-corrected chi connectivity index (χ0v) is 9.76. The largest absolute Gasteiger partial charge is 0.467 e. The molecule has 1 aromatic rings. The summed E-state index contributed by atoms with van der Waals surface area (Å²) in [7, 11) is 1.21. The summed E-state index contributed by atoms with van der Waals surface area (Å²) in [5, 5.41) is 13.1. The molecule has 1 heterocycles. The zero-order valence-electron chi connectivity index (χ0n) is 9.01. The van der Waals surface area contributed by atoms with Crippen LogP contribution in [0, 0.1) is 10.1 Å². The average Bonchev–Trinajstić information content (AvgIpc) is 2.27. The Morgan fingerprint density at radius 2 is 2.35 bits per heavy atom. The third-order valence-corrected chi connectivity index (χ3v) is 2.03. The van der Waals surface area contributed by atoms with E-state index in [-0.39, 0.29) is 16.8 Å². The second-order valence-electron chi connectivity index (χ2n) is 3.02. The Morgan fingerprint density at radius 1 is 1.71 bits per heavy atom. The maximum absolute atomic E-state index is 11.2. The highest BCUT2D eigenvalue weighted by Crippen LogP contribution is 2.22. The molecule has 0 spiro atoms. The fourth-order valence-electron chi connectivity index (χ4n) is 1.03. The van der Waals surface area contributed by atoms with E-state index in [9.17, 15) is 14.9 Å². The van der Waals surface area contributed by atoms with Crippen molar-refractivity contribution in [1.29, 1.82) is 0 Å². The van der Waals surface area contributed by atoms with Crippen LogP contribution in [0.3, 0.4) is 0 Å². The number of esters is 1. The second kappa shape index (κ2) is 5.39. The first-order chi connectivity index (χ1) is 7.95. The first-order valence-electron chi connectivity index (χ1n) is 4.47. The number of methoxy groups -OCH3 is 1. The maximum Gasteiger partial charge on any atom is 0.329 e. The minimum absolute atomic E-state index is 0.132. The summed E-state index contributed by atoms with van der Waals surface area (Å²) in [6, 6.07) is -0.787. The third-order valence-electron chi connectivity index (χ3n) is 1.84. The summed E-state index contributed by atoms with van der Waals surface area (Å²) >= 11 is 5.52. The van der Waals surface area contributed by atoms with Gasteiger partial charge in [0.1, 0.15) is 12.2 Å². The Kier molecular flexibility index (Phi) is 4.16. The fraction of sp³-hybridized carbons (Fsp3) is 0.375. The normalized spacial score (nSPS) is 11.7. The molecule has 1 atom stereocenters. The molecule has 1 aromatic heterocycles. The smallest absolute Gasteiger partial charge is 0.329 e. The van der Waals surface area contributed by atoms with Gasteiger partial charge in [-0.2, -0.15) is 4.98 Å². The molecule has 0 bridgehead atoms. The predicted molar refractivity (Wildman–Crippen MR) is 58.8 cm³/mol. The molecule has 1 rings (SSSR count). The minimum Gasteiger partial charge on any atom is -0.467 e. The Balaban J connectivity index is 3.00. The molecule has 9 heteroatoms. The molecule has 8 nitrogen and oxygen atoms in total. The lowest BCUT2D eigenvalue weighted by molar-refractivity contribution is -0.384. The van der Waals surface area contributed by atoms with Gasteiger partial charge in [-0.15, -0.1) is 0 Å². The maximum atomic E-state index is 11.2. The topological polar surface area (TPSA) is 107 Å². The van der Waals surface area contributed by atoms with Gasteiger partial charge in [0.15, 0.2) is 0 Å². The molecule has 0 unspecified atom stereocenters. The van der Waals surface area contributed by atoms with Crippen molar-refractivity contribution in [2.75, 3.05) is 12.4 Å². The predicted octanol–water partition coefficient (Wildman–Crippen LogP) is 1.01. The highest BCUT2D eigenvalue weighted by atomic mass is 35.5. The van der Waals surface area contributed by atoms with Gasteiger partial charge in [0.05, 0.1) is 12.0 Å². The van der Waals surface area contributed by atoms with Gasteiger partial charge in [-0.1, -0.05) is 0 Å². The van der Waals surface area contributed by atoms with Crippen LogP contribution < -0.4 is 5.32 Å². The SMILES string of the molecule is COC(=O)[C@H](C)Nc1nc(Cl)ncc1[N+](=O)[O-]. The number of halogens is 1. The van der Waals surface area contributed by atoms with Crippen LogP contribution in [0.25, 0.3) is 0 Å². The fourth-order valence-corrected chi connectivity index (χ4v) is 1.17. The first kappa shape index (κ1) is 13.1. The van der Waals surface area contributed by atoms with Gasteiger partial charge in [0.2, 0.25) is 11.1 Å². The summed E-state index contributed by atoms with van der Waals surface area (Å²) in [5.74, 6) is -0.707. The van der Waals surface area contributed by atoms with E-state index in [1.54, 1.807) is 0 Å². The van der Waals surface area contributed by atoms with Gasteiger partial charge < -0.3 is 10.1 Å². The van der Waals surface area contributed by atoms with Crippen LogP contribution in [0.5, 0.6) is 0 Å². The molecular weight excluding hydrogens is 252 g/mol. The van der Waals surface area contributed by atoms with E-state index in [1.807, 2.05) is 0 Å². The Labute approximate surface area is 101 Å². The van der Waals surface area contributed by atoms with E-state index < -0.39 is 16.9 Å². The summed E-state index contributed by atoms with van der Waals surface area (Å²) in [5.41, 5.74) is -0.370. The van der Waals surface area contributed by atoms with Gasteiger partial charge in [-0.25, -0.2) is 9.78 Å². The molecule has 1 N–H and O–H groups in total. The molecule has 0 aliphatic carbocycles. The Bertz CT molecular complexity index is 453. The van der Waals surface area contributed by atoms with E-state index >= 15 is 0 Å². The number of nitrogens with one attached hydrogen (secondary N) is 1. The van der Waals surface area contributed by atoms with Crippen LogP contribution in [0.1, 0.15) is 6.92 Å². The standard InChI is InChI=1S/C8H9ClN4O4/c1-4(7(14)17-2)11-6-5(13(15)16)3-10-8(9)12-6/h3-4H,1-2H3,(H,10,11,12)/t4-/m0/s1. The van der Waals surface area contributed by atoms with Crippen molar-refractivity contribution in [3.63, 3.8) is 0 Å². The van der Waals surface area contributed by atoms with Crippen LogP contribution in [0.2, 0.25) is 5.28 Å². The van der Waals surface area contributed by atoms with E-state index in [0.29, 0.717) is 0 Å². The molecule has 0 aliphatic rings. The summed E-state index contributed by atoms with van der Waals surface area (Å²) in [6.07, 6.45) is 0.960. The van der Waals surface area contributed by atoms with E-state index in [4.69, 9.17) is 11.6 Å². The number of anilines is 1. The van der Waals surface area contributed by atoms with Crippen LogP contribution in [-0.2, 0) is 9.53 Å². The molecule has 0 radical (unpaired) electrons. The highest BCUT2D eigenvalue weighted by molar-refractivity contribution is 6.28. The van der Waals surface area contributed by atoms with Crippen molar-refractivity contribution >= 4 is 29.1 Å². The number of nitrogens with zero attached hydrogens (tertiary/aromatic N) is 3. The highest BCUT2D eigenvalue weighted by Gasteiger charge is 2.21. The number of carbonyl (C=O) groups excluding carboxylic acids is 1. The van der Waals surface area contributed by atoms with E-state index in [0.717, 1.165) is 6.20 Å². The van der Waals surface area contributed by atoms with Gasteiger partial charge in [-0.05, 0) is 18.5 Å². The number of nitro groups is 1. The number of rotatable bonds is 4. The molecule has 17 heavy (non-hydrogen) atoms. The van der Waals surface area contributed by atoms with Gasteiger partial charge in [0, 0.05) is 0 Å². The quantitative estimate of drug-likeness (QED) is 0.372. The van der Waals surface area contributed by atoms with Gasteiger partial charge in [-0.3, -0.25) is 10.1 Å². The second-order valence-corrected chi connectivity index (χ2v) is 3.36. The lowest BCUT2D eigenvalue weighted by Gasteiger charge is -2.11. The number of hydrogen-bond acceptors (Lipinski definition) is 7. The van der Waals surface area contributed by atoms with Crippen LogP contribution in [-0.4, -0.2) is 34.0 Å². The molecule has 0 saturated heterocycles. The van der Waals surface area contributed by atoms with Crippen molar-refractivity contribution in [2.24, 2.45) is 0 Å². The molecule has 0 saturated carbocycles. The lowest BCUT2D eigenvalue weighted by atomic mass is 10.3. The van der Waals surface area contributed by atoms with Gasteiger partial charge in [0.25, 0.3) is 0 Å². The van der Waals surface area contributed by atoms with Crippen molar-refractivity contribution in [1.82, 2.24) is 9.97 Å². The molecule has 0 amide bonds. The molecule has 92 valence electrons. The number of ether oxygens (including phenoxy) is 1. The lowest BCUT2D eigenvalue weighted by Crippen LogP contribution is -2.28. The van der Waals surface area contributed by atoms with Crippen molar-refractivity contribution in [2.45, 2.75) is 13.0 Å². The van der Waals surface area contributed by atoms with Crippen molar-refractivity contribution < 1.29 is 14.5 Å². The first-order valence-corrected chi connectivity index (χ1v) is 4.84.